The Morgan fingerprint density at radius 2 is 2.20 bits per heavy atom. The first-order chi connectivity index (χ1) is 9.65. The van der Waals surface area contributed by atoms with Gasteiger partial charge in [-0.05, 0) is 31.7 Å². The van der Waals surface area contributed by atoms with Crippen molar-refractivity contribution < 1.29 is 4.39 Å². The number of hydrogen-bond acceptors (Lipinski definition) is 3. The number of nitrogens with one attached hydrogen (secondary N) is 1. The molecule has 1 N–H and O–H groups in total. The highest BCUT2D eigenvalue weighted by Gasteiger charge is 2.18. The Morgan fingerprint density at radius 1 is 1.40 bits per heavy atom. The number of rotatable bonds is 6. The fraction of sp³-hybridized carbons (Fsp3) is 0.429. The summed E-state index contributed by atoms with van der Waals surface area (Å²) in [6.07, 6.45) is 2.15. The lowest BCUT2D eigenvalue weighted by Gasteiger charge is -2.19. The van der Waals surface area contributed by atoms with Gasteiger partial charge in [-0.15, -0.1) is 0 Å². The number of hydrogen-bond donors (Lipinski definition) is 1. The number of halogens is 2. The molecule has 1 atom stereocenters. The zero-order valence-corrected chi connectivity index (χ0v) is 13.2. The first-order valence-electron chi connectivity index (χ1n) is 6.70. The summed E-state index contributed by atoms with van der Waals surface area (Å²) in [5.74, 6) is 0.652. The average Bonchev–Trinajstić information content (AvgIpc) is 2.88. The van der Waals surface area contributed by atoms with Crippen molar-refractivity contribution >= 4 is 15.9 Å². The normalized spacial score (nSPS) is 12.6. The molecule has 0 fully saturated rings. The van der Waals surface area contributed by atoms with E-state index in [0.717, 1.165) is 23.4 Å². The van der Waals surface area contributed by atoms with Crippen LogP contribution >= 0.6 is 15.9 Å². The maximum atomic E-state index is 14.1. The van der Waals surface area contributed by atoms with Crippen LogP contribution in [0.4, 0.5) is 4.39 Å². The second-order valence-electron chi connectivity index (χ2n) is 4.47. The van der Waals surface area contributed by atoms with E-state index >= 15 is 0 Å². The second kappa shape index (κ2) is 6.95. The van der Waals surface area contributed by atoms with Crippen LogP contribution in [0.1, 0.15) is 31.3 Å². The Labute approximate surface area is 126 Å². The van der Waals surface area contributed by atoms with Gasteiger partial charge in [0.2, 0.25) is 0 Å². The van der Waals surface area contributed by atoms with E-state index in [9.17, 15) is 4.39 Å². The molecule has 2 aromatic rings. The van der Waals surface area contributed by atoms with Crippen molar-refractivity contribution in [1.82, 2.24) is 20.1 Å². The molecule has 0 amide bonds. The van der Waals surface area contributed by atoms with Crippen LogP contribution < -0.4 is 5.32 Å². The van der Waals surface area contributed by atoms with E-state index in [1.807, 2.05) is 24.6 Å². The summed E-state index contributed by atoms with van der Waals surface area (Å²) in [7, 11) is 0. The van der Waals surface area contributed by atoms with Gasteiger partial charge >= 0.3 is 0 Å². The van der Waals surface area contributed by atoms with E-state index in [1.165, 1.54) is 6.07 Å². The summed E-state index contributed by atoms with van der Waals surface area (Å²) in [5, 5.41) is 7.47. The van der Waals surface area contributed by atoms with Gasteiger partial charge in [-0.3, -0.25) is 4.68 Å². The number of likely N-dealkylation sites (N-methyl/N-ethyl adjacent to an activating group) is 1. The number of aryl methyl sites for hydroxylation is 1. The molecule has 1 aromatic carbocycles. The van der Waals surface area contributed by atoms with Crippen molar-refractivity contribution in [2.24, 2.45) is 0 Å². The molecule has 4 nitrogen and oxygen atoms in total. The van der Waals surface area contributed by atoms with E-state index in [1.54, 1.807) is 12.4 Å². The highest BCUT2D eigenvalue weighted by Crippen LogP contribution is 2.24. The molecule has 0 saturated carbocycles. The van der Waals surface area contributed by atoms with E-state index < -0.39 is 0 Å². The maximum absolute atomic E-state index is 14.1. The second-order valence-corrected chi connectivity index (χ2v) is 5.39. The molecule has 0 aliphatic heterocycles. The average molecular weight is 341 g/mol. The van der Waals surface area contributed by atoms with Crippen LogP contribution in [-0.4, -0.2) is 21.3 Å². The molecule has 0 spiro atoms. The Kier molecular flexibility index (Phi) is 5.25. The Balaban J connectivity index is 2.29. The lowest BCUT2D eigenvalue weighted by molar-refractivity contribution is 0.484. The number of nitrogens with zero attached hydrogens (tertiary/aromatic N) is 3. The van der Waals surface area contributed by atoms with Crippen molar-refractivity contribution in [1.29, 1.82) is 0 Å². The molecular weight excluding hydrogens is 323 g/mol. The lowest BCUT2D eigenvalue weighted by atomic mass is 10.0. The minimum atomic E-state index is -0.207. The minimum Gasteiger partial charge on any atom is -0.310 e. The fourth-order valence-electron chi connectivity index (χ4n) is 2.21. The largest absolute Gasteiger partial charge is 0.310 e. The van der Waals surface area contributed by atoms with Crippen LogP contribution in [0.2, 0.25) is 0 Å². The molecule has 2 rings (SSSR count). The van der Waals surface area contributed by atoms with Crippen LogP contribution in [-0.2, 0) is 13.0 Å². The number of benzene rings is 1. The van der Waals surface area contributed by atoms with Crippen molar-refractivity contribution in [3.8, 4) is 0 Å². The van der Waals surface area contributed by atoms with Gasteiger partial charge in [0.15, 0.2) is 0 Å². The summed E-state index contributed by atoms with van der Waals surface area (Å²) in [6.45, 7) is 5.54. The van der Waals surface area contributed by atoms with Crippen LogP contribution in [0, 0.1) is 5.82 Å². The lowest BCUT2D eigenvalue weighted by Crippen LogP contribution is -2.25. The van der Waals surface area contributed by atoms with Crippen LogP contribution in [0.3, 0.4) is 0 Å². The Bertz CT molecular complexity index is 570. The van der Waals surface area contributed by atoms with Gasteiger partial charge < -0.3 is 5.32 Å². The maximum Gasteiger partial charge on any atom is 0.138 e. The van der Waals surface area contributed by atoms with E-state index in [4.69, 9.17) is 0 Å². The molecule has 0 radical (unpaired) electrons. The molecule has 0 saturated heterocycles. The molecule has 1 unspecified atom stereocenters. The van der Waals surface area contributed by atoms with E-state index in [0.29, 0.717) is 12.0 Å². The molecule has 0 aliphatic rings. The van der Waals surface area contributed by atoms with Gasteiger partial charge in [-0.25, -0.2) is 9.37 Å². The van der Waals surface area contributed by atoms with Gasteiger partial charge in [0.25, 0.3) is 0 Å². The predicted molar refractivity (Wildman–Crippen MR) is 79.9 cm³/mol. The summed E-state index contributed by atoms with van der Waals surface area (Å²) in [4.78, 5) is 4.26. The van der Waals surface area contributed by atoms with E-state index in [-0.39, 0.29) is 11.9 Å². The molecule has 0 aliphatic carbocycles. The highest BCUT2D eigenvalue weighted by atomic mass is 79.9. The van der Waals surface area contributed by atoms with Crippen LogP contribution in [0.5, 0.6) is 0 Å². The van der Waals surface area contributed by atoms with Gasteiger partial charge in [-0.2, -0.15) is 5.10 Å². The van der Waals surface area contributed by atoms with Crippen molar-refractivity contribution in [2.45, 2.75) is 32.9 Å². The third kappa shape index (κ3) is 3.43. The molecule has 20 heavy (non-hydrogen) atoms. The zero-order valence-electron chi connectivity index (χ0n) is 11.6. The SMILES string of the molecule is CCNC(Cc1ncnn1CC)c1cc(Br)ccc1F. The summed E-state index contributed by atoms with van der Waals surface area (Å²) in [5.41, 5.74) is 0.645. The van der Waals surface area contributed by atoms with Gasteiger partial charge in [0, 0.05) is 29.0 Å². The van der Waals surface area contributed by atoms with Crippen molar-refractivity contribution in [2.75, 3.05) is 6.54 Å². The minimum absolute atomic E-state index is 0.119. The molecule has 0 bridgehead atoms. The molecule has 1 aromatic heterocycles. The van der Waals surface area contributed by atoms with Crippen molar-refractivity contribution in [3.63, 3.8) is 0 Å². The first kappa shape index (κ1) is 15.1. The van der Waals surface area contributed by atoms with Gasteiger partial charge in [0.05, 0.1) is 0 Å². The molecule has 1 heterocycles. The van der Waals surface area contributed by atoms with Gasteiger partial charge in [-0.1, -0.05) is 22.9 Å². The molecule has 108 valence electrons. The summed E-state index contributed by atoms with van der Waals surface area (Å²) >= 11 is 3.39. The smallest absolute Gasteiger partial charge is 0.138 e. The predicted octanol–water partition coefficient (Wildman–Crippen LogP) is 3.09. The first-order valence-corrected chi connectivity index (χ1v) is 7.50. The highest BCUT2D eigenvalue weighted by molar-refractivity contribution is 9.10. The third-order valence-electron chi connectivity index (χ3n) is 3.17. The Morgan fingerprint density at radius 3 is 2.90 bits per heavy atom. The van der Waals surface area contributed by atoms with Gasteiger partial charge in [0.1, 0.15) is 18.0 Å². The molecular formula is C14H18BrFN4. The van der Waals surface area contributed by atoms with Crippen LogP contribution in [0.15, 0.2) is 29.0 Å². The molecule has 6 heteroatoms. The van der Waals surface area contributed by atoms with Crippen molar-refractivity contribution in [3.05, 3.63) is 46.2 Å². The van der Waals surface area contributed by atoms with Crippen LogP contribution in [0.25, 0.3) is 0 Å². The van der Waals surface area contributed by atoms with E-state index in [2.05, 4.69) is 31.3 Å². The quantitative estimate of drug-likeness (QED) is 0.878. The summed E-state index contributed by atoms with van der Waals surface area (Å²) in [6, 6.07) is 4.88. The standard InChI is InChI=1S/C14H18BrFN4/c1-3-17-13(8-14-18-9-19-20(14)4-2)11-7-10(15)5-6-12(11)16/h5-7,9,13,17H,3-4,8H2,1-2H3. The fourth-order valence-corrected chi connectivity index (χ4v) is 2.59. The zero-order chi connectivity index (χ0) is 14.5. The Hall–Kier alpha value is -1.27. The third-order valence-corrected chi connectivity index (χ3v) is 3.66. The summed E-state index contributed by atoms with van der Waals surface area (Å²) < 4.78 is 16.8. The monoisotopic (exact) mass is 340 g/mol. The topological polar surface area (TPSA) is 42.7 Å². The number of aromatic nitrogens is 3.